The van der Waals surface area contributed by atoms with Crippen LogP contribution >= 0.6 is 0 Å². The van der Waals surface area contributed by atoms with Gasteiger partial charge in [-0.3, -0.25) is 9.88 Å². The number of hydrogen-bond acceptors (Lipinski definition) is 6. The second kappa shape index (κ2) is 7.61. The van der Waals surface area contributed by atoms with Gasteiger partial charge in [-0.2, -0.15) is 0 Å². The highest BCUT2D eigenvalue weighted by molar-refractivity contribution is 5.57. The zero-order valence-electron chi connectivity index (χ0n) is 14.9. The lowest BCUT2D eigenvalue weighted by Crippen LogP contribution is -2.34. The summed E-state index contributed by atoms with van der Waals surface area (Å²) < 4.78 is 0. The van der Waals surface area contributed by atoms with Crippen LogP contribution in [0, 0.1) is 6.92 Å². The van der Waals surface area contributed by atoms with Crippen molar-refractivity contribution >= 4 is 11.6 Å². The SMILES string of the molecule is Cc1cccnc1Nc1nccnc1C1CCCN(Cc2cnc[nH]2)C1. The number of hydrogen-bond donors (Lipinski definition) is 2. The molecule has 0 saturated carbocycles. The van der Waals surface area contributed by atoms with Crippen LogP contribution in [0.1, 0.15) is 35.7 Å². The fraction of sp³-hybridized carbons (Fsp3) is 0.368. The normalized spacial score (nSPS) is 18.0. The summed E-state index contributed by atoms with van der Waals surface area (Å²) in [6.07, 6.45) is 11.2. The first-order chi connectivity index (χ1) is 12.8. The van der Waals surface area contributed by atoms with E-state index in [2.05, 4.69) is 35.1 Å². The van der Waals surface area contributed by atoms with Crippen LogP contribution in [0.15, 0.2) is 43.2 Å². The fourth-order valence-corrected chi connectivity index (χ4v) is 3.51. The Hall–Kier alpha value is -2.80. The summed E-state index contributed by atoms with van der Waals surface area (Å²) in [5.41, 5.74) is 3.26. The van der Waals surface area contributed by atoms with Crippen LogP contribution in [0.5, 0.6) is 0 Å². The number of rotatable bonds is 5. The van der Waals surface area contributed by atoms with E-state index in [1.807, 2.05) is 25.3 Å². The van der Waals surface area contributed by atoms with Gasteiger partial charge < -0.3 is 10.3 Å². The van der Waals surface area contributed by atoms with Crippen molar-refractivity contribution in [2.24, 2.45) is 0 Å². The van der Waals surface area contributed by atoms with E-state index in [9.17, 15) is 0 Å². The van der Waals surface area contributed by atoms with Crippen molar-refractivity contribution in [1.29, 1.82) is 0 Å². The van der Waals surface area contributed by atoms with E-state index in [1.165, 1.54) is 0 Å². The van der Waals surface area contributed by atoms with Crippen LogP contribution in [-0.2, 0) is 6.54 Å². The summed E-state index contributed by atoms with van der Waals surface area (Å²) in [7, 11) is 0. The number of imidazole rings is 1. The second-order valence-electron chi connectivity index (χ2n) is 6.74. The molecule has 0 radical (unpaired) electrons. The number of aryl methyl sites for hydroxylation is 1. The Balaban J connectivity index is 1.53. The molecule has 1 fully saturated rings. The molecule has 7 heteroatoms. The van der Waals surface area contributed by atoms with Gasteiger partial charge in [0.1, 0.15) is 5.82 Å². The molecule has 134 valence electrons. The Labute approximate surface area is 152 Å². The van der Waals surface area contributed by atoms with E-state index >= 15 is 0 Å². The molecule has 0 aliphatic carbocycles. The fourth-order valence-electron chi connectivity index (χ4n) is 3.51. The van der Waals surface area contributed by atoms with Crippen molar-refractivity contribution in [3.05, 3.63) is 60.2 Å². The average molecular weight is 349 g/mol. The van der Waals surface area contributed by atoms with Gasteiger partial charge in [-0.05, 0) is 37.9 Å². The quantitative estimate of drug-likeness (QED) is 0.737. The van der Waals surface area contributed by atoms with Crippen LogP contribution in [0.25, 0.3) is 0 Å². The van der Waals surface area contributed by atoms with Gasteiger partial charge in [0.05, 0.1) is 12.0 Å². The van der Waals surface area contributed by atoms with Crippen LogP contribution in [0.3, 0.4) is 0 Å². The van der Waals surface area contributed by atoms with Crippen molar-refractivity contribution in [3.8, 4) is 0 Å². The Bertz CT molecular complexity index is 847. The van der Waals surface area contributed by atoms with Gasteiger partial charge in [0.25, 0.3) is 0 Å². The Morgan fingerprint density at radius 3 is 2.92 bits per heavy atom. The Kier molecular flexibility index (Phi) is 4.88. The van der Waals surface area contributed by atoms with E-state index in [0.717, 1.165) is 61.1 Å². The maximum Gasteiger partial charge on any atom is 0.153 e. The number of anilines is 2. The third-order valence-corrected chi connectivity index (χ3v) is 4.81. The van der Waals surface area contributed by atoms with Gasteiger partial charge in [-0.25, -0.2) is 15.0 Å². The summed E-state index contributed by atoms with van der Waals surface area (Å²) in [5, 5.41) is 3.38. The van der Waals surface area contributed by atoms with Gasteiger partial charge >= 0.3 is 0 Å². The lowest BCUT2D eigenvalue weighted by atomic mass is 9.94. The van der Waals surface area contributed by atoms with Crippen LogP contribution in [0.2, 0.25) is 0 Å². The van der Waals surface area contributed by atoms with Gasteiger partial charge in [0, 0.05) is 49.5 Å². The van der Waals surface area contributed by atoms with Crippen LogP contribution in [-0.4, -0.2) is 42.9 Å². The molecule has 0 amide bonds. The Morgan fingerprint density at radius 1 is 1.19 bits per heavy atom. The van der Waals surface area contributed by atoms with Crippen molar-refractivity contribution < 1.29 is 0 Å². The van der Waals surface area contributed by atoms with Crippen molar-refractivity contribution in [2.45, 2.75) is 32.2 Å². The first kappa shape index (κ1) is 16.7. The third-order valence-electron chi connectivity index (χ3n) is 4.81. The molecular formula is C19H23N7. The number of H-pyrrole nitrogens is 1. The maximum absolute atomic E-state index is 4.66. The third kappa shape index (κ3) is 3.72. The molecular weight excluding hydrogens is 326 g/mol. The lowest BCUT2D eigenvalue weighted by Gasteiger charge is -2.32. The van der Waals surface area contributed by atoms with Crippen LogP contribution in [0.4, 0.5) is 11.6 Å². The summed E-state index contributed by atoms with van der Waals surface area (Å²) >= 11 is 0. The maximum atomic E-state index is 4.66. The summed E-state index contributed by atoms with van der Waals surface area (Å²) in [5.74, 6) is 1.99. The Morgan fingerprint density at radius 2 is 2.08 bits per heavy atom. The molecule has 1 saturated heterocycles. The molecule has 0 spiro atoms. The molecule has 4 rings (SSSR count). The van der Waals surface area contributed by atoms with E-state index < -0.39 is 0 Å². The first-order valence-electron chi connectivity index (χ1n) is 8.99. The molecule has 1 unspecified atom stereocenters. The molecule has 3 aromatic heterocycles. The predicted molar refractivity (Wildman–Crippen MR) is 100 cm³/mol. The number of nitrogens with one attached hydrogen (secondary N) is 2. The summed E-state index contributed by atoms with van der Waals surface area (Å²) in [4.78, 5) is 23.4. The molecule has 26 heavy (non-hydrogen) atoms. The molecule has 0 aromatic carbocycles. The van der Waals surface area contributed by atoms with Gasteiger partial charge in [-0.15, -0.1) is 0 Å². The average Bonchev–Trinajstić information content (AvgIpc) is 3.17. The zero-order valence-corrected chi connectivity index (χ0v) is 14.9. The van der Waals surface area contributed by atoms with E-state index in [0.29, 0.717) is 5.92 Å². The molecule has 1 atom stereocenters. The van der Waals surface area contributed by atoms with Crippen molar-refractivity contribution in [2.75, 3.05) is 18.4 Å². The minimum absolute atomic E-state index is 0.354. The molecule has 1 aliphatic heterocycles. The number of piperidine rings is 1. The highest BCUT2D eigenvalue weighted by Gasteiger charge is 2.25. The zero-order chi connectivity index (χ0) is 17.8. The molecule has 7 nitrogen and oxygen atoms in total. The number of nitrogens with zero attached hydrogens (tertiary/aromatic N) is 5. The smallest absolute Gasteiger partial charge is 0.153 e. The second-order valence-corrected chi connectivity index (χ2v) is 6.74. The predicted octanol–water partition coefficient (Wildman–Crippen LogP) is 3.03. The molecule has 2 N–H and O–H groups in total. The monoisotopic (exact) mass is 349 g/mol. The van der Waals surface area contributed by atoms with Gasteiger partial charge in [0.2, 0.25) is 0 Å². The highest BCUT2D eigenvalue weighted by Crippen LogP contribution is 2.31. The molecule has 0 bridgehead atoms. The molecule has 1 aliphatic rings. The van der Waals surface area contributed by atoms with Crippen molar-refractivity contribution in [1.82, 2.24) is 29.8 Å². The van der Waals surface area contributed by atoms with Gasteiger partial charge in [-0.1, -0.05) is 6.07 Å². The first-order valence-corrected chi connectivity index (χ1v) is 8.99. The molecule has 4 heterocycles. The highest BCUT2D eigenvalue weighted by atomic mass is 15.1. The number of likely N-dealkylation sites (tertiary alicyclic amines) is 1. The van der Waals surface area contributed by atoms with E-state index in [4.69, 9.17) is 0 Å². The largest absolute Gasteiger partial charge is 0.347 e. The van der Waals surface area contributed by atoms with E-state index in [-0.39, 0.29) is 0 Å². The van der Waals surface area contributed by atoms with Crippen molar-refractivity contribution in [3.63, 3.8) is 0 Å². The number of aromatic amines is 1. The minimum atomic E-state index is 0.354. The minimum Gasteiger partial charge on any atom is -0.347 e. The summed E-state index contributed by atoms with van der Waals surface area (Å²) in [6, 6.07) is 3.98. The number of pyridine rings is 1. The topological polar surface area (TPSA) is 82.6 Å². The standard InChI is InChI=1S/C19H23N7/c1-14-4-2-6-22-18(14)25-19-17(21-7-8-23-19)15-5-3-9-26(11-15)12-16-10-20-13-24-16/h2,4,6-8,10,13,15H,3,5,9,11-12H2,1H3,(H,20,24)(H,22,23,25). The lowest BCUT2D eigenvalue weighted by molar-refractivity contribution is 0.197. The molecule has 3 aromatic rings. The summed E-state index contributed by atoms with van der Waals surface area (Å²) in [6.45, 7) is 4.99. The van der Waals surface area contributed by atoms with Crippen LogP contribution < -0.4 is 5.32 Å². The van der Waals surface area contributed by atoms with Gasteiger partial charge in [0.15, 0.2) is 5.82 Å². The number of aromatic nitrogens is 5. The van der Waals surface area contributed by atoms with E-state index in [1.54, 1.807) is 24.9 Å².